The van der Waals surface area contributed by atoms with Gasteiger partial charge < -0.3 is 20.3 Å². The van der Waals surface area contributed by atoms with Gasteiger partial charge in [0.25, 0.3) is 0 Å². The van der Waals surface area contributed by atoms with Crippen LogP contribution >= 0.6 is 0 Å². The summed E-state index contributed by atoms with van der Waals surface area (Å²) < 4.78 is 5.30. The number of piperidine rings is 2. The van der Waals surface area contributed by atoms with Crippen molar-refractivity contribution in [3.05, 3.63) is 0 Å². The summed E-state index contributed by atoms with van der Waals surface area (Å²) in [7, 11) is 0. The Morgan fingerprint density at radius 1 is 1.03 bits per heavy atom. The molecule has 2 fully saturated rings. The summed E-state index contributed by atoms with van der Waals surface area (Å²) in [6.45, 7) is 12.8. The van der Waals surface area contributed by atoms with E-state index in [9.17, 15) is 9.59 Å². The molecule has 3 amide bonds. The van der Waals surface area contributed by atoms with Crippen LogP contribution in [-0.4, -0.2) is 72.8 Å². The van der Waals surface area contributed by atoms with Crippen molar-refractivity contribution >= 4 is 12.1 Å². The number of unbranched alkanes of at least 4 members (excludes halogenated alkanes) is 1. The topological polar surface area (TPSA) is 73.9 Å². The molecule has 0 aromatic carbocycles. The number of urea groups is 1. The van der Waals surface area contributed by atoms with E-state index in [0.29, 0.717) is 19.1 Å². The number of alkyl carbamates (subject to hydrolysis) is 1. The summed E-state index contributed by atoms with van der Waals surface area (Å²) in [6, 6.07) is 0.502. The zero-order valence-electron chi connectivity index (χ0n) is 19.0. The first-order valence-electron chi connectivity index (χ1n) is 11.5. The normalized spacial score (nSPS) is 23.5. The first-order valence-corrected chi connectivity index (χ1v) is 11.5. The lowest BCUT2D eigenvalue weighted by Gasteiger charge is -2.37. The molecule has 2 heterocycles. The van der Waals surface area contributed by atoms with Crippen LogP contribution < -0.4 is 10.6 Å². The molecule has 0 radical (unpaired) electrons. The van der Waals surface area contributed by atoms with Gasteiger partial charge in [-0.2, -0.15) is 0 Å². The molecule has 2 aliphatic heterocycles. The van der Waals surface area contributed by atoms with Crippen LogP contribution in [0.25, 0.3) is 0 Å². The summed E-state index contributed by atoms with van der Waals surface area (Å²) in [6.07, 6.45) is 7.74. The van der Waals surface area contributed by atoms with E-state index in [0.717, 1.165) is 39.0 Å². The lowest BCUT2D eigenvalue weighted by Crippen LogP contribution is -2.52. The largest absolute Gasteiger partial charge is 0.444 e. The molecule has 0 aliphatic carbocycles. The van der Waals surface area contributed by atoms with Crippen molar-refractivity contribution in [1.29, 1.82) is 0 Å². The molecule has 2 aliphatic rings. The van der Waals surface area contributed by atoms with E-state index in [2.05, 4.69) is 22.5 Å². The number of hydrogen-bond donors (Lipinski definition) is 2. The Kier molecular flexibility index (Phi) is 9.53. The predicted octanol–water partition coefficient (Wildman–Crippen LogP) is 3.59. The third-order valence-corrected chi connectivity index (χ3v) is 5.78. The molecule has 0 bridgehead atoms. The highest BCUT2D eigenvalue weighted by molar-refractivity contribution is 5.74. The van der Waals surface area contributed by atoms with E-state index >= 15 is 0 Å². The monoisotopic (exact) mass is 410 g/mol. The quantitative estimate of drug-likeness (QED) is 0.673. The number of amides is 3. The van der Waals surface area contributed by atoms with Crippen LogP contribution in [0.5, 0.6) is 0 Å². The summed E-state index contributed by atoms with van der Waals surface area (Å²) in [5.41, 5.74) is -0.493. The van der Waals surface area contributed by atoms with Crippen molar-refractivity contribution in [1.82, 2.24) is 20.4 Å². The van der Waals surface area contributed by atoms with Gasteiger partial charge in [-0.3, -0.25) is 4.90 Å². The van der Waals surface area contributed by atoms with Crippen LogP contribution in [0.1, 0.15) is 72.6 Å². The molecule has 2 saturated heterocycles. The molecule has 2 unspecified atom stereocenters. The van der Waals surface area contributed by atoms with E-state index in [1.165, 1.54) is 32.1 Å². The highest BCUT2D eigenvalue weighted by Crippen LogP contribution is 2.19. The molecule has 0 spiro atoms. The van der Waals surface area contributed by atoms with Gasteiger partial charge in [0.1, 0.15) is 5.60 Å². The van der Waals surface area contributed by atoms with Gasteiger partial charge in [0.2, 0.25) is 0 Å². The number of hydrogen-bond acceptors (Lipinski definition) is 4. The Morgan fingerprint density at radius 2 is 1.83 bits per heavy atom. The molecular weight excluding hydrogens is 368 g/mol. The van der Waals surface area contributed by atoms with Crippen molar-refractivity contribution in [3.8, 4) is 0 Å². The zero-order valence-corrected chi connectivity index (χ0v) is 19.0. The SMILES string of the molecule is CCCCN1CCCCC1CNC(=O)N1CCCC(CNC(=O)OC(C)(C)C)C1. The molecule has 2 rings (SSSR count). The lowest BCUT2D eigenvalue weighted by atomic mass is 9.98. The second-order valence-corrected chi connectivity index (χ2v) is 9.56. The van der Waals surface area contributed by atoms with Crippen LogP contribution in [0.15, 0.2) is 0 Å². The Morgan fingerprint density at radius 3 is 2.55 bits per heavy atom. The minimum Gasteiger partial charge on any atom is -0.444 e. The molecule has 7 heteroatoms. The number of carbonyl (C=O) groups is 2. The molecule has 0 aromatic heterocycles. The Labute approximate surface area is 176 Å². The van der Waals surface area contributed by atoms with Gasteiger partial charge in [-0.15, -0.1) is 0 Å². The molecule has 2 N–H and O–H groups in total. The van der Waals surface area contributed by atoms with Gasteiger partial charge in [0.15, 0.2) is 0 Å². The number of nitrogens with zero attached hydrogens (tertiary/aromatic N) is 2. The van der Waals surface area contributed by atoms with Crippen molar-refractivity contribution in [3.63, 3.8) is 0 Å². The van der Waals surface area contributed by atoms with E-state index in [4.69, 9.17) is 4.74 Å². The van der Waals surface area contributed by atoms with Crippen LogP contribution in [0.3, 0.4) is 0 Å². The molecule has 7 nitrogen and oxygen atoms in total. The summed E-state index contributed by atoms with van der Waals surface area (Å²) >= 11 is 0. The standard InChI is InChI=1S/C22H42N4O3/c1-5-6-12-25-13-8-7-11-19(25)16-23-20(27)26-14-9-10-18(17-26)15-24-21(28)29-22(2,3)4/h18-19H,5-17H2,1-4H3,(H,23,27)(H,24,28). The van der Waals surface area contributed by atoms with E-state index < -0.39 is 5.60 Å². The third kappa shape index (κ3) is 8.81. The van der Waals surface area contributed by atoms with Crippen LogP contribution in [-0.2, 0) is 4.74 Å². The smallest absolute Gasteiger partial charge is 0.407 e. The van der Waals surface area contributed by atoms with Crippen molar-refractivity contribution in [2.24, 2.45) is 5.92 Å². The Balaban J connectivity index is 1.73. The van der Waals surface area contributed by atoms with Crippen LogP contribution in [0.4, 0.5) is 9.59 Å². The van der Waals surface area contributed by atoms with Gasteiger partial charge >= 0.3 is 12.1 Å². The van der Waals surface area contributed by atoms with Gasteiger partial charge in [-0.25, -0.2) is 9.59 Å². The first kappa shape index (κ1) is 23.8. The summed E-state index contributed by atoms with van der Waals surface area (Å²) in [4.78, 5) is 29.0. The Hall–Kier alpha value is -1.50. The molecular formula is C22H42N4O3. The van der Waals surface area contributed by atoms with Crippen LogP contribution in [0.2, 0.25) is 0 Å². The second-order valence-electron chi connectivity index (χ2n) is 9.56. The molecule has 29 heavy (non-hydrogen) atoms. The molecule has 0 saturated carbocycles. The fraction of sp³-hybridized carbons (Fsp3) is 0.909. The number of nitrogens with one attached hydrogen (secondary N) is 2. The minimum absolute atomic E-state index is 0.0352. The number of carbonyl (C=O) groups excluding carboxylic acids is 2. The summed E-state index contributed by atoms with van der Waals surface area (Å²) in [5, 5.41) is 6.03. The van der Waals surface area contributed by atoms with Gasteiger partial charge in [-0.1, -0.05) is 19.8 Å². The van der Waals surface area contributed by atoms with Gasteiger partial charge in [0.05, 0.1) is 0 Å². The minimum atomic E-state index is -0.493. The van der Waals surface area contributed by atoms with E-state index in [-0.39, 0.29) is 18.0 Å². The maximum Gasteiger partial charge on any atom is 0.407 e. The van der Waals surface area contributed by atoms with Gasteiger partial charge in [0, 0.05) is 32.2 Å². The van der Waals surface area contributed by atoms with Crippen molar-refractivity contribution in [2.45, 2.75) is 84.3 Å². The first-order chi connectivity index (χ1) is 13.8. The second kappa shape index (κ2) is 11.6. The number of ether oxygens (including phenoxy) is 1. The molecule has 0 aromatic rings. The predicted molar refractivity (Wildman–Crippen MR) is 116 cm³/mol. The highest BCUT2D eigenvalue weighted by atomic mass is 16.6. The number of rotatable bonds is 7. The number of likely N-dealkylation sites (tertiary alicyclic amines) is 2. The average molecular weight is 411 g/mol. The maximum atomic E-state index is 12.7. The van der Waals surface area contributed by atoms with E-state index in [1.807, 2.05) is 25.7 Å². The summed E-state index contributed by atoms with van der Waals surface area (Å²) in [5.74, 6) is 0.276. The van der Waals surface area contributed by atoms with Crippen LogP contribution in [0, 0.1) is 5.92 Å². The lowest BCUT2D eigenvalue weighted by molar-refractivity contribution is 0.0511. The average Bonchev–Trinajstić information content (AvgIpc) is 2.68. The van der Waals surface area contributed by atoms with E-state index in [1.54, 1.807) is 0 Å². The maximum absolute atomic E-state index is 12.7. The van der Waals surface area contributed by atoms with Crippen molar-refractivity contribution in [2.75, 3.05) is 39.3 Å². The fourth-order valence-electron chi connectivity index (χ4n) is 4.22. The molecule has 168 valence electrons. The zero-order chi connectivity index (χ0) is 21.3. The Bertz CT molecular complexity index is 521. The fourth-order valence-corrected chi connectivity index (χ4v) is 4.22. The highest BCUT2D eigenvalue weighted by Gasteiger charge is 2.27. The third-order valence-electron chi connectivity index (χ3n) is 5.78. The van der Waals surface area contributed by atoms with Gasteiger partial charge in [-0.05, 0) is 71.9 Å². The van der Waals surface area contributed by atoms with Crippen molar-refractivity contribution < 1.29 is 14.3 Å². The molecule has 2 atom stereocenters.